The van der Waals surface area contributed by atoms with Crippen LogP contribution in [0.4, 0.5) is 0 Å². The molecule has 2 atom stereocenters. The second kappa shape index (κ2) is 4.43. The third-order valence-electron chi connectivity index (χ3n) is 2.79. The van der Waals surface area contributed by atoms with Crippen LogP contribution in [0.15, 0.2) is 0 Å². The zero-order valence-electron chi connectivity index (χ0n) is 9.05. The smallest absolute Gasteiger partial charge is 0.0701 e. The first-order chi connectivity index (χ1) is 6.03. The highest BCUT2D eigenvalue weighted by atomic mass is 16.5. The minimum absolute atomic E-state index is 0.144. The van der Waals surface area contributed by atoms with Crippen molar-refractivity contribution in [2.24, 2.45) is 11.3 Å². The first-order valence-electron chi connectivity index (χ1n) is 5.26. The van der Waals surface area contributed by atoms with Crippen LogP contribution in [0.3, 0.4) is 0 Å². The Bertz CT molecular complexity index is 154. The van der Waals surface area contributed by atoms with E-state index in [1.807, 2.05) is 0 Å². The Morgan fingerprint density at radius 3 is 2.62 bits per heavy atom. The predicted molar refractivity (Wildman–Crippen MR) is 53.6 cm³/mol. The van der Waals surface area contributed by atoms with Crippen molar-refractivity contribution in [3.8, 4) is 0 Å². The minimum Gasteiger partial charge on any atom is -0.394 e. The van der Waals surface area contributed by atoms with Crippen molar-refractivity contribution in [3.05, 3.63) is 0 Å². The molecule has 1 rings (SSSR count). The number of rotatable bonds is 3. The Kier molecular flexibility index (Phi) is 3.74. The fraction of sp³-hybridized carbons (Fsp3) is 1.00. The number of aliphatic hydroxyl groups is 1. The molecule has 1 fully saturated rings. The molecule has 0 aliphatic heterocycles. The van der Waals surface area contributed by atoms with Crippen LogP contribution in [0.1, 0.15) is 40.0 Å². The lowest BCUT2D eigenvalue weighted by atomic mass is 9.71. The molecule has 0 bridgehead atoms. The first kappa shape index (κ1) is 11.0. The first-order valence-corrected chi connectivity index (χ1v) is 5.26. The van der Waals surface area contributed by atoms with Crippen molar-refractivity contribution < 1.29 is 9.84 Å². The van der Waals surface area contributed by atoms with Crippen molar-refractivity contribution in [1.29, 1.82) is 0 Å². The summed E-state index contributed by atoms with van der Waals surface area (Å²) in [7, 11) is 0. The van der Waals surface area contributed by atoms with Gasteiger partial charge in [0.05, 0.1) is 19.3 Å². The summed E-state index contributed by atoms with van der Waals surface area (Å²) in [5.74, 6) is 0.757. The average molecular weight is 186 g/mol. The molecule has 0 unspecified atom stereocenters. The molecule has 1 aliphatic rings. The van der Waals surface area contributed by atoms with Crippen molar-refractivity contribution in [1.82, 2.24) is 0 Å². The lowest BCUT2D eigenvalue weighted by Gasteiger charge is -2.38. The summed E-state index contributed by atoms with van der Waals surface area (Å²) in [4.78, 5) is 0. The second-order valence-electron chi connectivity index (χ2n) is 5.13. The van der Waals surface area contributed by atoms with Gasteiger partial charge in [-0.15, -0.1) is 0 Å². The summed E-state index contributed by atoms with van der Waals surface area (Å²) in [6.07, 6.45) is 3.96. The fourth-order valence-electron chi connectivity index (χ4n) is 2.60. The zero-order chi connectivity index (χ0) is 9.90. The maximum absolute atomic E-state index is 8.67. The van der Waals surface area contributed by atoms with Crippen LogP contribution in [0.2, 0.25) is 0 Å². The zero-order valence-corrected chi connectivity index (χ0v) is 9.05. The molecule has 0 aromatic heterocycles. The van der Waals surface area contributed by atoms with Gasteiger partial charge in [0.25, 0.3) is 0 Å². The third-order valence-corrected chi connectivity index (χ3v) is 2.79. The third kappa shape index (κ3) is 3.65. The quantitative estimate of drug-likeness (QED) is 0.732. The minimum atomic E-state index is 0.144. The second-order valence-corrected chi connectivity index (χ2v) is 5.13. The Labute approximate surface area is 81.3 Å². The number of hydrogen-bond donors (Lipinski definition) is 1. The molecule has 0 amide bonds. The highest BCUT2D eigenvalue weighted by molar-refractivity contribution is 4.83. The van der Waals surface area contributed by atoms with E-state index >= 15 is 0 Å². The van der Waals surface area contributed by atoms with E-state index in [-0.39, 0.29) is 6.61 Å². The van der Waals surface area contributed by atoms with Crippen LogP contribution in [0.5, 0.6) is 0 Å². The van der Waals surface area contributed by atoms with Crippen LogP contribution in [0, 0.1) is 11.3 Å². The summed E-state index contributed by atoms with van der Waals surface area (Å²) in [6.45, 7) is 7.53. The number of aliphatic hydroxyl groups excluding tert-OH is 1. The monoisotopic (exact) mass is 186 g/mol. The Balaban J connectivity index is 2.38. The van der Waals surface area contributed by atoms with Gasteiger partial charge in [-0.25, -0.2) is 0 Å². The maximum Gasteiger partial charge on any atom is 0.0701 e. The van der Waals surface area contributed by atoms with Crippen LogP contribution >= 0.6 is 0 Å². The van der Waals surface area contributed by atoms with E-state index < -0.39 is 0 Å². The van der Waals surface area contributed by atoms with Crippen LogP contribution in [-0.4, -0.2) is 24.4 Å². The highest BCUT2D eigenvalue weighted by Crippen LogP contribution is 2.39. The SMILES string of the molecule is C[C@H]1C[C@@H](OCCO)CC(C)(C)C1. The Morgan fingerprint density at radius 1 is 1.38 bits per heavy atom. The van der Waals surface area contributed by atoms with Gasteiger partial charge in [-0.3, -0.25) is 0 Å². The summed E-state index contributed by atoms with van der Waals surface area (Å²) < 4.78 is 5.59. The molecule has 0 radical (unpaired) electrons. The van der Waals surface area contributed by atoms with Crippen LogP contribution in [-0.2, 0) is 4.74 Å². The molecule has 2 nitrogen and oxygen atoms in total. The maximum atomic E-state index is 8.67. The molecule has 0 aromatic rings. The molecule has 0 saturated heterocycles. The molecule has 78 valence electrons. The van der Waals surface area contributed by atoms with E-state index in [2.05, 4.69) is 20.8 Å². The summed E-state index contributed by atoms with van der Waals surface area (Å²) >= 11 is 0. The fourth-order valence-corrected chi connectivity index (χ4v) is 2.60. The van der Waals surface area contributed by atoms with E-state index in [1.54, 1.807) is 0 Å². The Morgan fingerprint density at radius 2 is 2.08 bits per heavy atom. The molecule has 0 aromatic carbocycles. The van der Waals surface area contributed by atoms with E-state index in [9.17, 15) is 0 Å². The van der Waals surface area contributed by atoms with Crippen LogP contribution < -0.4 is 0 Å². The largest absolute Gasteiger partial charge is 0.394 e. The normalized spacial score (nSPS) is 33.2. The van der Waals surface area contributed by atoms with Gasteiger partial charge >= 0.3 is 0 Å². The average Bonchev–Trinajstić information content (AvgIpc) is 1.97. The van der Waals surface area contributed by atoms with Gasteiger partial charge in [-0.1, -0.05) is 20.8 Å². The van der Waals surface area contributed by atoms with Gasteiger partial charge in [-0.05, 0) is 30.6 Å². The summed E-state index contributed by atoms with van der Waals surface area (Å²) in [5.41, 5.74) is 0.414. The van der Waals surface area contributed by atoms with Crippen molar-refractivity contribution >= 4 is 0 Å². The van der Waals surface area contributed by atoms with Crippen molar-refractivity contribution in [2.75, 3.05) is 13.2 Å². The number of hydrogen-bond acceptors (Lipinski definition) is 2. The highest BCUT2D eigenvalue weighted by Gasteiger charge is 2.32. The van der Waals surface area contributed by atoms with E-state index in [4.69, 9.17) is 9.84 Å². The van der Waals surface area contributed by atoms with E-state index in [1.165, 1.54) is 6.42 Å². The van der Waals surface area contributed by atoms with Gasteiger partial charge in [0.15, 0.2) is 0 Å². The summed E-state index contributed by atoms with van der Waals surface area (Å²) in [6, 6.07) is 0. The van der Waals surface area contributed by atoms with Gasteiger partial charge < -0.3 is 9.84 Å². The van der Waals surface area contributed by atoms with Gasteiger partial charge in [0.1, 0.15) is 0 Å². The van der Waals surface area contributed by atoms with Crippen molar-refractivity contribution in [3.63, 3.8) is 0 Å². The number of ether oxygens (including phenoxy) is 1. The molecule has 13 heavy (non-hydrogen) atoms. The molecule has 0 heterocycles. The van der Waals surface area contributed by atoms with Crippen molar-refractivity contribution in [2.45, 2.75) is 46.1 Å². The Hall–Kier alpha value is -0.0800. The van der Waals surface area contributed by atoms with Gasteiger partial charge in [0, 0.05) is 0 Å². The lowest BCUT2D eigenvalue weighted by molar-refractivity contribution is -0.0342. The molecular formula is C11H22O2. The standard InChI is InChI=1S/C11H22O2/c1-9-6-10(13-5-4-12)8-11(2,3)7-9/h9-10,12H,4-8H2,1-3H3/t9-,10+/m0/s1. The van der Waals surface area contributed by atoms with Crippen LogP contribution in [0.25, 0.3) is 0 Å². The molecule has 1 saturated carbocycles. The predicted octanol–water partition coefficient (Wildman–Crippen LogP) is 2.21. The molecular weight excluding hydrogens is 164 g/mol. The topological polar surface area (TPSA) is 29.5 Å². The molecule has 0 spiro atoms. The van der Waals surface area contributed by atoms with Gasteiger partial charge in [-0.2, -0.15) is 0 Å². The lowest BCUT2D eigenvalue weighted by Crippen LogP contribution is -2.33. The van der Waals surface area contributed by atoms with E-state index in [0.717, 1.165) is 18.8 Å². The van der Waals surface area contributed by atoms with Gasteiger partial charge in [0.2, 0.25) is 0 Å². The summed E-state index contributed by atoms with van der Waals surface area (Å²) in [5, 5.41) is 8.67. The molecule has 2 heteroatoms. The molecule has 1 aliphatic carbocycles. The van der Waals surface area contributed by atoms with E-state index in [0.29, 0.717) is 18.1 Å². The molecule has 1 N–H and O–H groups in total.